The average Bonchev–Trinajstić information content (AvgIpc) is 2.38. The van der Waals surface area contributed by atoms with Gasteiger partial charge in [0.05, 0.1) is 12.2 Å². The molecule has 0 radical (unpaired) electrons. The van der Waals surface area contributed by atoms with Gasteiger partial charge in [0.25, 0.3) is 0 Å². The number of alkyl halides is 3. The minimum absolute atomic E-state index is 0.105. The Balaban J connectivity index is 2.64. The number of hydrogen-bond donors (Lipinski definition) is 2. The minimum atomic E-state index is -4.51. The van der Waals surface area contributed by atoms with E-state index >= 15 is 0 Å². The first-order valence-electron chi connectivity index (χ1n) is 5.60. The van der Waals surface area contributed by atoms with Gasteiger partial charge in [-0.05, 0) is 18.2 Å². The van der Waals surface area contributed by atoms with Crippen LogP contribution in [0.4, 0.5) is 18.9 Å². The maximum absolute atomic E-state index is 12.5. The van der Waals surface area contributed by atoms with Crippen LogP contribution in [0.5, 0.6) is 0 Å². The third-order valence-corrected chi connectivity index (χ3v) is 2.25. The Labute approximate surface area is 113 Å². The number of methoxy groups -OCH3 is 1. The summed E-state index contributed by atoms with van der Waals surface area (Å²) in [6.07, 6.45) is -4.51. The molecule has 0 unspecified atom stereocenters. The Hall–Kier alpha value is -2.09. The van der Waals surface area contributed by atoms with Crippen LogP contribution in [-0.2, 0) is 20.5 Å². The summed E-state index contributed by atoms with van der Waals surface area (Å²) in [5.74, 6) is -1.99. The molecule has 0 heterocycles. The summed E-state index contributed by atoms with van der Waals surface area (Å²) in [7, 11) is 1.43. The van der Waals surface area contributed by atoms with Gasteiger partial charge in [-0.1, -0.05) is 6.07 Å². The predicted octanol–water partition coefficient (Wildman–Crippen LogP) is 1.41. The monoisotopic (exact) mass is 290 g/mol. The highest BCUT2D eigenvalue weighted by molar-refractivity contribution is 6.39. The molecule has 0 saturated heterocycles. The Morgan fingerprint density at radius 2 is 1.95 bits per heavy atom. The summed E-state index contributed by atoms with van der Waals surface area (Å²) in [5.41, 5.74) is -1.01. The summed E-state index contributed by atoms with van der Waals surface area (Å²) >= 11 is 0. The number of nitrogens with one attached hydrogen (secondary N) is 2. The number of hydrogen-bond acceptors (Lipinski definition) is 3. The molecule has 1 aromatic carbocycles. The normalized spacial score (nSPS) is 11.0. The average molecular weight is 290 g/mol. The van der Waals surface area contributed by atoms with Crippen molar-refractivity contribution in [1.82, 2.24) is 5.32 Å². The quantitative estimate of drug-likeness (QED) is 0.651. The lowest BCUT2D eigenvalue weighted by Crippen LogP contribution is -2.37. The molecule has 0 saturated carbocycles. The van der Waals surface area contributed by atoms with E-state index in [2.05, 4.69) is 15.4 Å². The van der Waals surface area contributed by atoms with E-state index in [0.717, 1.165) is 18.2 Å². The molecule has 1 aromatic rings. The van der Waals surface area contributed by atoms with Gasteiger partial charge in [-0.15, -0.1) is 0 Å². The summed E-state index contributed by atoms with van der Waals surface area (Å²) in [4.78, 5) is 22.7. The molecular weight excluding hydrogens is 277 g/mol. The van der Waals surface area contributed by atoms with Crippen LogP contribution in [0.25, 0.3) is 0 Å². The van der Waals surface area contributed by atoms with Crippen molar-refractivity contribution >= 4 is 17.5 Å². The van der Waals surface area contributed by atoms with Gasteiger partial charge in [0, 0.05) is 19.3 Å². The second kappa shape index (κ2) is 6.90. The van der Waals surface area contributed by atoms with E-state index in [1.165, 1.54) is 13.2 Å². The molecule has 5 nitrogen and oxygen atoms in total. The number of rotatable bonds is 4. The van der Waals surface area contributed by atoms with Gasteiger partial charge in [-0.25, -0.2) is 0 Å². The highest BCUT2D eigenvalue weighted by atomic mass is 19.4. The number of ether oxygens (including phenoxy) is 1. The Morgan fingerprint density at radius 3 is 2.55 bits per heavy atom. The molecular formula is C12H13F3N2O3. The maximum atomic E-state index is 12.5. The zero-order chi connectivity index (χ0) is 15.2. The number of anilines is 1. The molecule has 0 aliphatic carbocycles. The first kappa shape index (κ1) is 16.0. The second-order valence-corrected chi connectivity index (χ2v) is 3.78. The predicted molar refractivity (Wildman–Crippen MR) is 65.0 cm³/mol. The van der Waals surface area contributed by atoms with Gasteiger partial charge in [0.1, 0.15) is 0 Å². The summed E-state index contributed by atoms with van der Waals surface area (Å²) < 4.78 is 42.1. The third kappa shape index (κ3) is 4.88. The fourth-order valence-corrected chi connectivity index (χ4v) is 1.31. The molecule has 0 fully saturated rings. The topological polar surface area (TPSA) is 67.4 Å². The van der Waals surface area contributed by atoms with Crippen molar-refractivity contribution in [2.75, 3.05) is 25.6 Å². The van der Waals surface area contributed by atoms with E-state index in [1.807, 2.05) is 0 Å². The van der Waals surface area contributed by atoms with Crippen LogP contribution in [0.3, 0.4) is 0 Å². The van der Waals surface area contributed by atoms with E-state index in [-0.39, 0.29) is 18.8 Å². The fraction of sp³-hybridized carbons (Fsp3) is 0.333. The molecule has 0 aromatic heterocycles. The summed E-state index contributed by atoms with van der Waals surface area (Å²) in [6.45, 7) is 0.355. The summed E-state index contributed by atoms with van der Waals surface area (Å²) in [5, 5.41) is 4.34. The molecule has 8 heteroatoms. The van der Waals surface area contributed by atoms with Crippen LogP contribution in [0, 0.1) is 0 Å². The van der Waals surface area contributed by atoms with Crippen molar-refractivity contribution in [3.63, 3.8) is 0 Å². The molecule has 110 valence electrons. The molecule has 0 bridgehead atoms. The van der Waals surface area contributed by atoms with Gasteiger partial charge in [-0.3, -0.25) is 9.59 Å². The highest BCUT2D eigenvalue weighted by Gasteiger charge is 2.30. The largest absolute Gasteiger partial charge is 0.416 e. The highest BCUT2D eigenvalue weighted by Crippen LogP contribution is 2.30. The zero-order valence-electron chi connectivity index (χ0n) is 10.6. The Morgan fingerprint density at radius 1 is 1.25 bits per heavy atom. The molecule has 0 aliphatic rings. The summed E-state index contributed by atoms with van der Waals surface area (Å²) in [6, 6.07) is 4.02. The van der Waals surface area contributed by atoms with Gasteiger partial charge < -0.3 is 15.4 Å². The number of carbonyl (C=O) groups is 2. The molecule has 0 spiro atoms. The van der Waals surface area contributed by atoms with Crippen LogP contribution < -0.4 is 10.6 Å². The second-order valence-electron chi connectivity index (χ2n) is 3.78. The fourth-order valence-electron chi connectivity index (χ4n) is 1.31. The lowest BCUT2D eigenvalue weighted by molar-refractivity contribution is -0.137. The first-order chi connectivity index (χ1) is 9.34. The lowest BCUT2D eigenvalue weighted by Gasteiger charge is -2.09. The maximum Gasteiger partial charge on any atom is 0.416 e. The standard InChI is InChI=1S/C12H13F3N2O3/c1-20-6-5-16-10(18)11(19)17-9-4-2-3-8(7-9)12(13,14)15/h2-4,7H,5-6H2,1H3,(H,16,18)(H,17,19). The lowest BCUT2D eigenvalue weighted by atomic mass is 10.2. The van der Waals surface area contributed by atoms with Crippen LogP contribution in [-0.4, -0.2) is 32.1 Å². The van der Waals surface area contributed by atoms with Crippen LogP contribution >= 0.6 is 0 Å². The number of halogens is 3. The van der Waals surface area contributed by atoms with Crippen molar-refractivity contribution < 1.29 is 27.5 Å². The number of amides is 2. The smallest absolute Gasteiger partial charge is 0.383 e. The number of benzene rings is 1. The molecule has 2 amide bonds. The van der Waals surface area contributed by atoms with Crippen LogP contribution in [0.1, 0.15) is 5.56 Å². The van der Waals surface area contributed by atoms with Crippen LogP contribution in [0.15, 0.2) is 24.3 Å². The first-order valence-corrected chi connectivity index (χ1v) is 5.60. The van der Waals surface area contributed by atoms with Crippen LogP contribution in [0.2, 0.25) is 0 Å². The molecule has 1 rings (SSSR count). The Bertz CT molecular complexity index is 489. The van der Waals surface area contributed by atoms with Crippen molar-refractivity contribution in [1.29, 1.82) is 0 Å². The van der Waals surface area contributed by atoms with Gasteiger partial charge in [0.15, 0.2) is 0 Å². The SMILES string of the molecule is COCCNC(=O)C(=O)Nc1cccc(C(F)(F)F)c1. The third-order valence-electron chi connectivity index (χ3n) is 2.25. The van der Waals surface area contributed by atoms with Gasteiger partial charge in [-0.2, -0.15) is 13.2 Å². The van der Waals surface area contributed by atoms with Crippen molar-refractivity contribution in [3.8, 4) is 0 Å². The van der Waals surface area contributed by atoms with Gasteiger partial charge in [0.2, 0.25) is 0 Å². The Kier molecular flexibility index (Phi) is 5.51. The van der Waals surface area contributed by atoms with Crippen molar-refractivity contribution in [2.24, 2.45) is 0 Å². The molecule has 0 aliphatic heterocycles. The van der Waals surface area contributed by atoms with E-state index in [4.69, 9.17) is 0 Å². The molecule has 2 N–H and O–H groups in total. The van der Waals surface area contributed by atoms with Crippen molar-refractivity contribution in [2.45, 2.75) is 6.18 Å². The molecule has 0 atom stereocenters. The zero-order valence-corrected chi connectivity index (χ0v) is 10.6. The van der Waals surface area contributed by atoms with Gasteiger partial charge >= 0.3 is 18.0 Å². The van der Waals surface area contributed by atoms with E-state index in [1.54, 1.807) is 0 Å². The minimum Gasteiger partial charge on any atom is -0.383 e. The van der Waals surface area contributed by atoms with E-state index < -0.39 is 23.6 Å². The van der Waals surface area contributed by atoms with E-state index in [0.29, 0.717) is 0 Å². The molecule has 20 heavy (non-hydrogen) atoms. The van der Waals surface area contributed by atoms with Crippen molar-refractivity contribution in [3.05, 3.63) is 29.8 Å². The van der Waals surface area contributed by atoms with E-state index in [9.17, 15) is 22.8 Å². The number of carbonyl (C=O) groups excluding carboxylic acids is 2.